The predicted octanol–water partition coefficient (Wildman–Crippen LogP) is 7.00. The van der Waals surface area contributed by atoms with Gasteiger partial charge in [0, 0.05) is 6.54 Å². The molecule has 0 aliphatic rings. The van der Waals surface area contributed by atoms with Crippen molar-refractivity contribution in [3.63, 3.8) is 0 Å². The lowest BCUT2D eigenvalue weighted by atomic mass is 9.76. The molecule has 0 spiro atoms. The molecule has 0 aliphatic carbocycles. The minimum Gasteiger partial charge on any atom is -0.382 e. The first-order valence-electron chi connectivity index (χ1n) is 10.7. The Morgan fingerprint density at radius 3 is 1.45 bits per heavy atom. The zero-order valence-electron chi connectivity index (χ0n) is 18.9. The molecule has 1 unspecified atom stereocenters. The molecule has 38 heavy (non-hydrogen) atoms. The first kappa shape index (κ1) is 29.4. The van der Waals surface area contributed by atoms with Gasteiger partial charge in [-0.15, -0.1) is 0 Å². The van der Waals surface area contributed by atoms with E-state index in [0.29, 0.717) is 24.3 Å². The molecule has 2 N–H and O–H groups in total. The van der Waals surface area contributed by atoms with Gasteiger partial charge in [-0.3, -0.25) is 0 Å². The molecule has 1 atom stereocenters. The standard InChI is InChI=1S/C25H18F11NO/c26-19-8-15(6-17(10-19)23(28,29)30)22(12-14-4-2-1-3-5-14,37-13-21(38)25(34,35)36)16-7-18(24(31,32)33)11-20(27)9-16/h1-11,21,37-38H,12-13H2. The van der Waals surface area contributed by atoms with Crippen molar-refractivity contribution in [2.75, 3.05) is 6.54 Å². The molecule has 0 aromatic heterocycles. The molecule has 13 heteroatoms. The summed E-state index contributed by atoms with van der Waals surface area (Å²) in [6.45, 7) is -1.44. The minimum atomic E-state index is -5.23. The molecule has 0 amide bonds. The average Bonchev–Trinajstić information content (AvgIpc) is 2.79. The Balaban J connectivity index is 2.38. The van der Waals surface area contributed by atoms with Crippen LogP contribution in [0.1, 0.15) is 27.8 Å². The van der Waals surface area contributed by atoms with E-state index in [1.165, 1.54) is 30.3 Å². The number of hydrogen-bond donors (Lipinski definition) is 2. The number of aliphatic hydroxyl groups is 1. The van der Waals surface area contributed by atoms with E-state index in [2.05, 4.69) is 5.32 Å². The van der Waals surface area contributed by atoms with Gasteiger partial charge < -0.3 is 10.4 Å². The lowest BCUT2D eigenvalue weighted by Crippen LogP contribution is -2.51. The second kappa shape index (κ2) is 10.5. The lowest BCUT2D eigenvalue weighted by molar-refractivity contribution is -0.202. The summed E-state index contributed by atoms with van der Waals surface area (Å²) >= 11 is 0. The molecule has 2 nitrogen and oxygen atoms in total. The largest absolute Gasteiger partial charge is 0.416 e. The maximum Gasteiger partial charge on any atom is 0.416 e. The lowest BCUT2D eigenvalue weighted by Gasteiger charge is -2.38. The van der Waals surface area contributed by atoms with Gasteiger partial charge in [-0.2, -0.15) is 39.5 Å². The van der Waals surface area contributed by atoms with E-state index < -0.39 is 77.0 Å². The minimum absolute atomic E-state index is 0.0913. The Hall–Kier alpha value is -3.19. The molecule has 206 valence electrons. The number of benzene rings is 3. The van der Waals surface area contributed by atoms with Crippen LogP contribution < -0.4 is 5.32 Å². The molecule has 0 heterocycles. The highest BCUT2D eigenvalue weighted by molar-refractivity contribution is 5.45. The van der Waals surface area contributed by atoms with Gasteiger partial charge in [-0.1, -0.05) is 30.3 Å². The summed E-state index contributed by atoms with van der Waals surface area (Å²) in [6.07, 6.45) is -19.3. The van der Waals surface area contributed by atoms with Gasteiger partial charge in [0.2, 0.25) is 0 Å². The van der Waals surface area contributed by atoms with Crippen LogP contribution in [0, 0.1) is 11.6 Å². The van der Waals surface area contributed by atoms with Gasteiger partial charge in [-0.25, -0.2) is 8.78 Å². The maximum absolute atomic E-state index is 14.5. The van der Waals surface area contributed by atoms with Crippen LogP contribution in [0.5, 0.6) is 0 Å². The van der Waals surface area contributed by atoms with Gasteiger partial charge in [-0.05, 0) is 59.5 Å². The molecule has 0 fully saturated rings. The maximum atomic E-state index is 14.5. The Morgan fingerprint density at radius 1 is 0.632 bits per heavy atom. The SMILES string of the molecule is OC(CNC(Cc1ccccc1)(c1cc(F)cc(C(F)(F)F)c1)c1cc(F)cc(C(F)(F)F)c1)C(F)(F)F. The van der Waals surface area contributed by atoms with E-state index in [9.17, 15) is 53.4 Å². The zero-order valence-corrected chi connectivity index (χ0v) is 18.9. The summed E-state index contributed by atoms with van der Waals surface area (Å²) < 4.78 is 150. The van der Waals surface area contributed by atoms with Crippen molar-refractivity contribution < 1.29 is 53.4 Å². The van der Waals surface area contributed by atoms with Crippen molar-refractivity contribution in [3.8, 4) is 0 Å². The molecule has 3 aromatic rings. The second-order valence-corrected chi connectivity index (χ2v) is 8.46. The fourth-order valence-corrected chi connectivity index (χ4v) is 3.93. The fraction of sp³-hybridized carbons (Fsp3) is 0.280. The molecule has 0 radical (unpaired) electrons. The summed E-state index contributed by atoms with van der Waals surface area (Å²) in [5.74, 6) is -3.00. The Labute approximate surface area is 208 Å². The van der Waals surface area contributed by atoms with E-state index in [-0.39, 0.29) is 17.7 Å². The van der Waals surface area contributed by atoms with E-state index in [4.69, 9.17) is 0 Å². The first-order valence-corrected chi connectivity index (χ1v) is 10.7. The first-order chi connectivity index (χ1) is 17.4. The number of halogens is 11. The Bertz CT molecular complexity index is 1190. The van der Waals surface area contributed by atoms with E-state index in [1.807, 2.05) is 0 Å². The van der Waals surface area contributed by atoms with Crippen LogP contribution in [0.4, 0.5) is 48.3 Å². The van der Waals surface area contributed by atoms with Crippen LogP contribution >= 0.6 is 0 Å². The molecule has 0 saturated heterocycles. The number of hydrogen-bond acceptors (Lipinski definition) is 2. The van der Waals surface area contributed by atoms with Crippen LogP contribution in [0.2, 0.25) is 0 Å². The molecule has 0 aliphatic heterocycles. The van der Waals surface area contributed by atoms with Gasteiger partial charge in [0.05, 0.1) is 16.7 Å². The van der Waals surface area contributed by atoms with Crippen LogP contribution in [0.3, 0.4) is 0 Å². The second-order valence-electron chi connectivity index (χ2n) is 8.46. The average molecular weight is 557 g/mol. The van der Waals surface area contributed by atoms with Crippen molar-refractivity contribution in [2.45, 2.75) is 36.6 Å². The van der Waals surface area contributed by atoms with Crippen molar-refractivity contribution >= 4 is 0 Å². The summed E-state index contributed by atoms with van der Waals surface area (Å²) in [7, 11) is 0. The predicted molar refractivity (Wildman–Crippen MR) is 114 cm³/mol. The van der Waals surface area contributed by atoms with Crippen molar-refractivity contribution in [1.29, 1.82) is 0 Å². The number of rotatable bonds is 7. The molecule has 3 aromatic carbocycles. The number of alkyl halides is 9. The van der Waals surface area contributed by atoms with Gasteiger partial charge >= 0.3 is 18.5 Å². The van der Waals surface area contributed by atoms with Crippen LogP contribution in [0.25, 0.3) is 0 Å². The highest BCUT2D eigenvalue weighted by Gasteiger charge is 2.44. The summed E-state index contributed by atoms with van der Waals surface area (Å²) in [5.41, 5.74) is -7.00. The zero-order chi connectivity index (χ0) is 28.5. The van der Waals surface area contributed by atoms with Gasteiger partial charge in [0.25, 0.3) is 0 Å². The van der Waals surface area contributed by atoms with Gasteiger partial charge in [0.1, 0.15) is 11.6 Å². The van der Waals surface area contributed by atoms with Crippen molar-refractivity contribution in [2.24, 2.45) is 0 Å². The molecule has 3 rings (SSSR count). The summed E-state index contributed by atoms with van der Waals surface area (Å²) in [6, 6.07) is 8.96. The molecule has 0 bridgehead atoms. The molecular weight excluding hydrogens is 539 g/mol. The fourth-order valence-electron chi connectivity index (χ4n) is 3.93. The monoisotopic (exact) mass is 557 g/mol. The number of nitrogens with one attached hydrogen (secondary N) is 1. The van der Waals surface area contributed by atoms with E-state index in [0.717, 1.165) is 0 Å². The highest BCUT2D eigenvalue weighted by Crippen LogP contribution is 2.41. The summed E-state index contributed by atoms with van der Waals surface area (Å²) in [5, 5.41) is 11.8. The molecular formula is C25H18F11NO. The van der Waals surface area contributed by atoms with Crippen LogP contribution in [0.15, 0.2) is 66.7 Å². The van der Waals surface area contributed by atoms with Crippen molar-refractivity contribution in [1.82, 2.24) is 5.32 Å². The van der Waals surface area contributed by atoms with Crippen LogP contribution in [-0.4, -0.2) is 23.9 Å². The smallest absolute Gasteiger partial charge is 0.382 e. The third kappa shape index (κ3) is 6.81. The topological polar surface area (TPSA) is 32.3 Å². The Kier molecular flexibility index (Phi) is 8.13. The number of aliphatic hydroxyl groups excluding tert-OH is 1. The molecule has 0 saturated carbocycles. The van der Waals surface area contributed by atoms with Crippen molar-refractivity contribution in [3.05, 3.63) is 106 Å². The third-order valence-corrected chi connectivity index (χ3v) is 5.72. The van der Waals surface area contributed by atoms with E-state index in [1.54, 1.807) is 0 Å². The van der Waals surface area contributed by atoms with Gasteiger partial charge in [0.15, 0.2) is 6.10 Å². The third-order valence-electron chi connectivity index (χ3n) is 5.72. The Morgan fingerprint density at radius 2 is 1.05 bits per heavy atom. The normalized spacial score (nSPS) is 14.0. The van der Waals surface area contributed by atoms with Crippen LogP contribution in [-0.2, 0) is 24.3 Å². The highest BCUT2D eigenvalue weighted by atomic mass is 19.4. The quantitative estimate of drug-likeness (QED) is 0.307. The summed E-state index contributed by atoms with van der Waals surface area (Å²) in [4.78, 5) is 0. The van der Waals surface area contributed by atoms with E-state index >= 15 is 0 Å².